The Labute approximate surface area is 126 Å². The van der Waals surface area contributed by atoms with Crippen LogP contribution in [-0.4, -0.2) is 68.7 Å². The van der Waals surface area contributed by atoms with Gasteiger partial charge in [-0.1, -0.05) is 0 Å². The lowest BCUT2D eigenvalue weighted by atomic mass is 10.3. The zero-order chi connectivity index (χ0) is 15.3. The standard InChI is InChI=1S/C14H22N2O4S/c1-2-20-13-3-5-14(6-4-13)21(18,19)16-9-7-15(8-10-16)11-12-17/h3-6,17H,2,7-12H2,1H3. The van der Waals surface area contributed by atoms with Gasteiger partial charge in [0.25, 0.3) is 0 Å². The lowest BCUT2D eigenvalue weighted by Gasteiger charge is -2.33. The van der Waals surface area contributed by atoms with Crippen molar-refractivity contribution in [2.24, 2.45) is 0 Å². The summed E-state index contributed by atoms with van der Waals surface area (Å²) >= 11 is 0. The van der Waals surface area contributed by atoms with Gasteiger partial charge in [0.05, 0.1) is 18.1 Å². The van der Waals surface area contributed by atoms with Gasteiger partial charge >= 0.3 is 0 Å². The van der Waals surface area contributed by atoms with Gasteiger partial charge in [-0.25, -0.2) is 8.42 Å². The highest BCUT2D eigenvalue weighted by molar-refractivity contribution is 7.89. The molecule has 0 aromatic heterocycles. The number of hydrogen-bond acceptors (Lipinski definition) is 5. The average Bonchev–Trinajstić information content (AvgIpc) is 2.49. The minimum atomic E-state index is -3.44. The van der Waals surface area contributed by atoms with Gasteiger partial charge in [-0.05, 0) is 31.2 Å². The molecule has 1 aromatic rings. The molecule has 7 heteroatoms. The Bertz CT molecular complexity index is 537. The molecule has 0 amide bonds. The molecule has 1 aromatic carbocycles. The van der Waals surface area contributed by atoms with Crippen molar-refractivity contribution in [2.75, 3.05) is 45.9 Å². The Morgan fingerprint density at radius 3 is 2.29 bits per heavy atom. The Morgan fingerprint density at radius 2 is 1.76 bits per heavy atom. The van der Waals surface area contributed by atoms with Crippen LogP contribution in [0.4, 0.5) is 0 Å². The minimum Gasteiger partial charge on any atom is -0.494 e. The SMILES string of the molecule is CCOc1ccc(S(=O)(=O)N2CCN(CCO)CC2)cc1. The van der Waals surface area contributed by atoms with Crippen molar-refractivity contribution in [3.8, 4) is 5.75 Å². The maximum absolute atomic E-state index is 12.5. The van der Waals surface area contributed by atoms with E-state index in [1.54, 1.807) is 24.3 Å². The largest absolute Gasteiger partial charge is 0.494 e. The van der Waals surface area contributed by atoms with Gasteiger partial charge in [0.15, 0.2) is 0 Å². The van der Waals surface area contributed by atoms with Crippen LogP contribution in [0.3, 0.4) is 0 Å². The van der Waals surface area contributed by atoms with Crippen LogP contribution >= 0.6 is 0 Å². The number of nitrogens with zero attached hydrogens (tertiary/aromatic N) is 2. The van der Waals surface area contributed by atoms with Crippen molar-refractivity contribution in [1.29, 1.82) is 0 Å². The Hall–Kier alpha value is -1.15. The highest BCUT2D eigenvalue weighted by Crippen LogP contribution is 2.20. The molecule has 0 radical (unpaired) electrons. The van der Waals surface area contributed by atoms with Crippen molar-refractivity contribution in [3.63, 3.8) is 0 Å². The molecule has 1 aliphatic heterocycles. The maximum Gasteiger partial charge on any atom is 0.243 e. The molecule has 21 heavy (non-hydrogen) atoms. The molecule has 118 valence electrons. The number of hydrogen-bond donors (Lipinski definition) is 1. The first-order valence-electron chi connectivity index (χ1n) is 7.14. The first-order valence-corrected chi connectivity index (χ1v) is 8.58. The third kappa shape index (κ3) is 3.94. The molecule has 0 unspecified atom stereocenters. The maximum atomic E-state index is 12.5. The van der Waals surface area contributed by atoms with Crippen molar-refractivity contribution in [2.45, 2.75) is 11.8 Å². The van der Waals surface area contributed by atoms with Gasteiger partial charge in [-0.3, -0.25) is 4.90 Å². The van der Waals surface area contributed by atoms with E-state index in [0.29, 0.717) is 50.0 Å². The fourth-order valence-corrected chi connectivity index (χ4v) is 3.78. The number of aliphatic hydroxyl groups is 1. The first-order chi connectivity index (χ1) is 10.1. The molecule has 1 N–H and O–H groups in total. The quantitative estimate of drug-likeness (QED) is 0.822. The second-order valence-corrected chi connectivity index (χ2v) is 6.81. The van der Waals surface area contributed by atoms with E-state index in [4.69, 9.17) is 9.84 Å². The molecule has 2 rings (SSSR count). The average molecular weight is 314 g/mol. The minimum absolute atomic E-state index is 0.103. The molecule has 0 spiro atoms. The highest BCUT2D eigenvalue weighted by Gasteiger charge is 2.28. The summed E-state index contributed by atoms with van der Waals surface area (Å²) in [7, 11) is -3.44. The van der Waals surface area contributed by atoms with Crippen molar-refractivity contribution in [1.82, 2.24) is 9.21 Å². The molecule has 6 nitrogen and oxygen atoms in total. The van der Waals surface area contributed by atoms with E-state index < -0.39 is 10.0 Å². The molecular formula is C14H22N2O4S. The Morgan fingerprint density at radius 1 is 1.14 bits per heavy atom. The van der Waals surface area contributed by atoms with E-state index >= 15 is 0 Å². The second-order valence-electron chi connectivity index (χ2n) is 4.87. The van der Waals surface area contributed by atoms with Gasteiger partial charge in [0.1, 0.15) is 5.75 Å². The molecule has 1 aliphatic rings. The van der Waals surface area contributed by atoms with Crippen LogP contribution in [0, 0.1) is 0 Å². The van der Waals surface area contributed by atoms with Gasteiger partial charge in [-0.2, -0.15) is 4.31 Å². The summed E-state index contributed by atoms with van der Waals surface area (Å²) in [6.07, 6.45) is 0. The molecular weight excluding hydrogens is 292 g/mol. The van der Waals surface area contributed by atoms with E-state index in [9.17, 15) is 8.42 Å². The highest BCUT2D eigenvalue weighted by atomic mass is 32.2. The zero-order valence-corrected chi connectivity index (χ0v) is 13.1. The van der Waals surface area contributed by atoms with Crippen molar-refractivity contribution < 1.29 is 18.3 Å². The van der Waals surface area contributed by atoms with Crippen LogP contribution in [0.25, 0.3) is 0 Å². The first kappa shape index (κ1) is 16.2. The number of benzene rings is 1. The number of piperazine rings is 1. The van der Waals surface area contributed by atoms with E-state index in [1.165, 1.54) is 4.31 Å². The smallest absolute Gasteiger partial charge is 0.243 e. The van der Waals surface area contributed by atoms with Gasteiger partial charge in [0, 0.05) is 32.7 Å². The van der Waals surface area contributed by atoms with Crippen LogP contribution in [0.1, 0.15) is 6.92 Å². The number of ether oxygens (including phenoxy) is 1. The summed E-state index contributed by atoms with van der Waals surface area (Å²) in [5, 5.41) is 8.91. The molecule has 0 aliphatic carbocycles. The summed E-state index contributed by atoms with van der Waals surface area (Å²) < 4.78 is 31.9. The van der Waals surface area contributed by atoms with Crippen LogP contribution in [0.15, 0.2) is 29.2 Å². The molecule has 1 fully saturated rings. The summed E-state index contributed by atoms with van der Waals surface area (Å²) in [4.78, 5) is 2.35. The third-order valence-electron chi connectivity index (χ3n) is 3.52. The van der Waals surface area contributed by atoms with Gasteiger partial charge in [-0.15, -0.1) is 0 Å². The number of β-amino-alcohol motifs (C(OH)–C–C–N with tert-alkyl or cyclic N) is 1. The molecule has 0 bridgehead atoms. The molecule has 0 saturated carbocycles. The molecule has 0 atom stereocenters. The fourth-order valence-electron chi connectivity index (χ4n) is 2.36. The number of aliphatic hydroxyl groups excluding tert-OH is 1. The number of rotatable bonds is 6. The van der Waals surface area contributed by atoms with E-state index in [1.807, 2.05) is 6.92 Å². The predicted octanol–water partition coefficient (Wildman–Crippen LogP) is 0.384. The van der Waals surface area contributed by atoms with Gasteiger partial charge < -0.3 is 9.84 Å². The van der Waals surface area contributed by atoms with Crippen LogP contribution in [-0.2, 0) is 10.0 Å². The lowest BCUT2D eigenvalue weighted by Crippen LogP contribution is -2.49. The molecule has 1 heterocycles. The fraction of sp³-hybridized carbons (Fsp3) is 0.571. The Balaban J connectivity index is 2.04. The van der Waals surface area contributed by atoms with Crippen LogP contribution < -0.4 is 4.74 Å². The van der Waals surface area contributed by atoms with E-state index in [0.717, 1.165) is 0 Å². The van der Waals surface area contributed by atoms with E-state index in [-0.39, 0.29) is 6.61 Å². The third-order valence-corrected chi connectivity index (χ3v) is 5.43. The topological polar surface area (TPSA) is 70.1 Å². The van der Waals surface area contributed by atoms with Crippen molar-refractivity contribution in [3.05, 3.63) is 24.3 Å². The summed E-state index contributed by atoms with van der Waals surface area (Å²) in [5.41, 5.74) is 0. The Kier molecular flexibility index (Phi) is 5.58. The zero-order valence-electron chi connectivity index (χ0n) is 12.2. The van der Waals surface area contributed by atoms with Crippen LogP contribution in [0.5, 0.6) is 5.75 Å². The lowest BCUT2D eigenvalue weighted by molar-refractivity contribution is 0.151. The summed E-state index contributed by atoms with van der Waals surface area (Å²) in [6.45, 7) is 5.34. The van der Waals surface area contributed by atoms with E-state index in [2.05, 4.69) is 4.90 Å². The summed E-state index contributed by atoms with van der Waals surface area (Å²) in [5.74, 6) is 0.671. The van der Waals surface area contributed by atoms with Gasteiger partial charge in [0.2, 0.25) is 10.0 Å². The normalized spacial score (nSPS) is 17.8. The van der Waals surface area contributed by atoms with Crippen LogP contribution in [0.2, 0.25) is 0 Å². The predicted molar refractivity (Wildman–Crippen MR) is 79.9 cm³/mol. The summed E-state index contributed by atoms with van der Waals surface area (Å²) in [6, 6.07) is 6.53. The number of sulfonamides is 1. The molecule has 1 saturated heterocycles. The monoisotopic (exact) mass is 314 g/mol. The second kappa shape index (κ2) is 7.22. The van der Waals surface area contributed by atoms with Crippen molar-refractivity contribution >= 4 is 10.0 Å².